The van der Waals surface area contributed by atoms with Gasteiger partial charge in [0.1, 0.15) is 0 Å². The maximum atomic E-state index is 11.6. The van der Waals surface area contributed by atoms with Crippen LogP contribution in [0, 0.1) is 0 Å². The van der Waals surface area contributed by atoms with Crippen LogP contribution in [0.2, 0.25) is 0 Å². The molecule has 0 spiro atoms. The molecule has 0 aromatic carbocycles. The minimum atomic E-state index is -0.498. The third kappa shape index (κ3) is 6.05. The van der Waals surface area contributed by atoms with Gasteiger partial charge in [0.2, 0.25) is 0 Å². The molecular weight excluding hydrogens is 272 g/mol. The second-order valence-electron chi connectivity index (χ2n) is 3.43. The highest BCUT2D eigenvalue weighted by atomic mass is 79.9. The van der Waals surface area contributed by atoms with Crippen LogP contribution >= 0.6 is 15.9 Å². The van der Waals surface area contributed by atoms with E-state index < -0.39 is 5.97 Å². The lowest BCUT2D eigenvalue weighted by Gasteiger charge is -2.06. The summed E-state index contributed by atoms with van der Waals surface area (Å²) in [6, 6.07) is 0. The van der Waals surface area contributed by atoms with E-state index in [1.807, 2.05) is 6.92 Å². The molecule has 16 heavy (non-hydrogen) atoms. The van der Waals surface area contributed by atoms with Crippen molar-refractivity contribution in [2.24, 2.45) is 0 Å². The average molecular weight is 291 g/mol. The summed E-state index contributed by atoms with van der Waals surface area (Å²) < 4.78 is 5.03. The van der Waals surface area contributed by atoms with E-state index in [4.69, 9.17) is 4.74 Å². The topological polar surface area (TPSA) is 43.4 Å². The van der Waals surface area contributed by atoms with Crippen molar-refractivity contribution >= 4 is 27.7 Å². The molecule has 0 aromatic heterocycles. The predicted octanol–water partition coefficient (Wildman–Crippen LogP) is 3.02. The number of Topliss-reactive ketones (excluding diaryl/α,β-unsaturated/α-hetero) is 1. The molecule has 0 rings (SSSR count). The zero-order valence-electron chi connectivity index (χ0n) is 9.92. The minimum absolute atomic E-state index is 0.156. The molecule has 0 aliphatic rings. The van der Waals surface area contributed by atoms with Crippen LogP contribution in [0.1, 0.15) is 39.5 Å². The van der Waals surface area contributed by atoms with E-state index in [9.17, 15) is 9.59 Å². The van der Waals surface area contributed by atoms with E-state index >= 15 is 0 Å². The molecule has 0 radical (unpaired) electrons. The number of hydrogen-bond donors (Lipinski definition) is 0. The van der Waals surface area contributed by atoms with Crippen LogP contribution in [0.4, 0.5) is 0 Å². The molecule has 0 N–H and O–H groups in total. The van der Waals surface area contributed by atoms with Gasteiger partial charge in [-0.25, -0.2) is 4.79 Å². The summed E-state index contributed by atoms with van der Waals surface area (Å²) in [6.45, 7) is 4.35. The number of carbonyl (C=O) groups is 2. The number of hydrogen-bond acceptors (Lipinski definition) is 3. The van der Waals surface area contributed by atoms with Crippen molar-refractivity contribution in [3.05, 3.63) is 11.6 Å². The van der Waals surface area contributed by atoms with Gasteiger partial charge >= 0.3 is 5.97 Å². The van der Waals surface area contributed by atoms with Crippen LogP contribution in [0.3, 0.4) is 0 Å². The largest absolute Gasteiger partial charge is 0.462 e. The Hall–Kier alpha value is -0.640. The van der Waals surface area contributed by atoms with Crippen molar-refractivity contribution in [2.45, 2.75) is 39.5 Å². The fraction of sp³-hybridized carbons (Fsp3) is 0.667. The number of ketones is 1. The first kappa shape index (κ1) is 15.4. The van der Waals surface area contributed by atoms with Gasteiger partial charge in [-0.15, -0.1) is 0 Å². The van der Waals surface area contributed by atoms with Crippen LogP contribution in [0.25, 0.3) is 0 Å². The zero-order chi connectivity index (χ0) is 12.4. The summed E-state index contributed by atoms with van der Waals surface area (Å²) in [5.74, 6) is -0.718. The van der Waals surface area contributed by atoms with Crippen molar-refractivity contribution in [1.29, 1.82) is 0 Å². The van der Waals surface area contributed by atoms with Gasteiger partial charge in [-0.05, 0) is 12.8 Å². The molecule has 0 amide bonds. The van der Waals surface area contributed by atoms with Gasteiger partial charge in [0.25, 0.3) is 0 Å². The lowest BCUT2D eigenvalue weighted by atomic mass is 10.1. The molecule has 0 unspecified atom stereocenters. The summed E-state index contributed by atoms with van der Waals surface area (Å²) >= 11 is 3.05. The highest BCUT2D eigenvalue weighted by Crippen LogP contribution is 2.06. The van der Waals surface area contributed by atoms with E-state index in [1.54, 1.807) is 6.08 Å². The number of unbranched alkanes of at least 4 members (excludes halogenated alkanes) is 2. The standard InChI is InChI=1S/C12H19BrO3/c1-3-5-6-8-16-12(15)10(7-4-2)11(14)9-13/h7H,3-6,8-9H2,1-2H3. The maximum absolute atomic E-state index is 11.6. The van der Waals surface area contributed by atoms with Gasteiger partial charge in [-0.3, -0.25) is 4.79 Å². The number of esters is 1. The van der Waals surface area contributed by atoms with E-state index in [2.05, 4.69) is 22.9 Å². The Morgan fingerprint density at radius 2 is 1.94 bits per heavy atom. The van der Waals surface area contributed by atoms with Gasteiger partial charge in [0.05, 0.1) is 17.5 Å². The molecule has 0 saturated heterocycles. The van der Waals surface area contributed by atoms with Crippen LogP contribution in [-0.2, 0) is 14.3 Å². The molecule has 0 saturated carbocycles. The number of alkyl halides is 1. The van der Waals surface area contributed by atoms with Crippen LogP contribution in [-0.4, -0.2) is 23.7 Å². The first-order chi connectivity index (χ1) is 7.67. The normalized spacial score (nSPS) is 11.3. The zero-order valence-corrected chi connectivity index (χ0v) is 11.5. The molecule has 0 aliphatic heterocycles. The first-order valence-electron chi connectivity index (χ1n) is 5.63. The predicted molar refractivity (Wildman–Crippen MR) is 67.7 cm³/mol. The summed E-state index contributed by atoms with van der Waals surface area (Å²) in [5, 5.41) is 0.156. The fourth-order valence-electron chi connectivity index (χ4n) is 1.18. The molecular formula is C12H19BrO3. The molecule has 0 bridgehead atoms. The Bertz CT molecular complexity index is 259. The number of halogens is 1. The van der Waals surface area contributed by atoms with Gasteiger partial charge in [-0.2, -0.15) is 0 Å². The van der Waals surface area contributed by atoms with Crippen LogP contribution in [0.15, 0.2) is 11.6 Å². The second kappa shape index (κ2) is 9.58. The summed E-state index contributed by atoms with van der Waals surface area (Å²) in [4.78, 5) is 23.0. The Morgan fingerprint density at radius 1 is 1.25 bits per heavy atom. The Kier molecular flexibility index (Phi) is 9.19. The molecule has 3 nitrogen and oxygen atoms in total. The molecule has 0 fully saturated rings. The van der Waals surface area contributed by atoms with Crippen molar-refractivity contribution in [3.8, 4) is 0 Å². The number of ether oxygens (including phenoxy) is 1. The third-order valence-corrected chi connectivity index (χ3v) is 2.54. The highest BCUT2D eigenvalue weighted by Gasteiger charge is 2.17. The molecule has 92 valence electrons. The fourth-order valence-corrected chi connectivity index (χ4v) is 1.48. The number of rotatable bonds is 8. The SMILES string of the molecule is CCC=C(C(=O)CBr)C(=O)OCCCCC. The van der Waals surface area contributed by atoms with E-state index in [0.717, 1.165) is 19.3 Å². The lowest BCUT2D eigenvalue weighted by molar-refractivity contribution is -0.140. The van der Waals surface area contributed by atoms with Gasteiger partial charge in [0, 0.05) is 0 Å². The monoisotopic (exact) mass is 290 g/mol. The van der Waals surface area contributed by atoms with Gasteiger partial charge in [-0.1, -0.05) is 48.7 Å². The van der Waals surface area contributed by atoms with Crippen molar-refractivity contribution < 1.29 is 14.3 Å². The summed E-state index contributed by atoms with van der Waals surface area (Å²) in [5.41, 5.74) is 0.163. The molecule has 4 heteroatoms. The first-order valence-corrected chi connectivity index (χ1v) is 6.75. The smallest absolute Gasteiger partial charge is 0.341 e. The minimum Gasteiger partial charge on any atom is -0.462 e. The maximum Gasteiger partial charge on any atom is 0.341 e. The van der Waals surface area contributed by atoms with E-state index in [-0.39, 0.29) is 16.7 Å². The molecule has 0 aromatic rings. The van der Waals surface area contributed by atoms with E-state index in [1.165, 1.54) is 0 Å². The summed E-state index contributed by atoms with van der Waals surface area (Å²) in [6.07, 6.45) is 5.23. The van der Waals surface area contributed by atoms with Gasteiger partial charge in [0.15, 0.2) is 5.78 Å². The van der Waals surface area contributed by atoms with Crippen LogP contribution < -0.4 is 0 Å². The molecule has 0 heterocycles. The average Bonchev–Trinajstić information content (AvgIpc) is 2.30. The summed E-state index contributed by atoms with van der Waals surface area (Å²) in [7, 11) is 0. The Labute approximate surface area is 105 Å². The highest BCUT2D eigenvalue weighted by molar-refractivity contribution is 9.09. The van der Waals surface area contributed by atoms with Crippen molar-refractivity contribution in [2.75, 3.05) is 11.9 Å². The molecule has 0 atom stereocenters. The van der Waals surface area contributed by atoms with Crippen molar-refractivity contribution in [3.63, 3.8) is 0 Å². The lowest BCUT2D eigenvalue weighted by Crippen LogP contribution is -2.17. The van der Waals surface area contributed by atoms with Crippen LogP contribution in [0.5, 0.6) is 0 Å². The van der Waals surface area contributed by atoms with Gasteiger partial charge < -0.3 is 4.74 Å². The second-order valence-corrected chi connectivity index (χ2v) is 3.99. The number of carbonyl (C=O) groups excluding carboxylic acids is 2. The Balaban J connectivity index is 4.19. The quantitative estimate of drug-likeness (QED) is 0.172. The Morgan fingerprint density at radius 3 is 2.44 bits per heavy atom. The number of allylic oxidation sites excluding steroid dienone is 1. The van der Waals surface area contributed by atoms with Crippen molar-refractivity contribution in [1.82, 2.24) is 0 Å². The third-order valence-electron chi connectivity index (χ3n) is 2.03. The molecule has 0 aliphatic carbocycles. The van der Waals surface area contributed by atoms with E-state index in [0.29, 0.717) is 13.0 Å².